The van der Waals surface area contributed by atoms with Crippen LogP contribution >= 0.6 is 102 Å². The van der Waals surface area contributed by atoms with Gasteiger partial charge in [0.15, 0.2) is 23.8 Å². The van der Waals surface area contributed by atoms with E-state index in [1.807, 2.05) is 72.8 Å². The summed E-state index contributed by atoms with van der Waals surface area (Å²) in [6.07, 6.45) is 3.92. The highest BCUT2D eigenvalue weighted by Gasteiger charge is 2.15. The maximum absolute atomic E-state index is 6.14. The van der Waals surface area contributed by atoms with Crippen LogP contribution in [0, 0.1) is 0 Å². The summed E-state index contributed by atoms with van der Waals surface area (Å²) in [5.74, 6) is 1.25. The third-order valence-electron chi connectivity index (χ3n) is 8.75. The maximum Gasteiger partial charge on any atom is 0.195 e. The van der Waals surface area contributed by atoms with Gasteiger partial charge in [-0.2, -0.15) is 0 Å². The Morgan fingerprint density at radius 1 is 0.377 bits per heavy atom. The summed E-state index contributed by atoms with van der Waals surface area (Å²) in [6, 6.07) is 41.2. The number of halogens is 6. The summed E-state index contributed by atoms with van der Waals surface area (Å²) in [5, 5.41) is 12.8. The van der Waals surface area contributed by atoms with Crippen molar-refractivity contribution in [3.05, 3.63) is 144 Å². The molecule has 0 radical (unpaired) electrons. The van der Waals surface area contributed by atoms with E-state index in [4.69, 9.17) is 22.9 Å². The normalized spacial score (nSPS) is 11.2. The Morgan fingerprint density at radius 2 is 0.623 bits per heavy atom. The minimum Gasteiger partial charge on any atom is -0.370 e. The SMILES string of the molecule is Br.Br.Br.Br.Br.Br.C.NC(=NCCCNCCCCNCCCN=C(N)NC(N)=NCC(c1ccccc1)c1ccccc1)NC(N)=NCC(c1ccccc1)c1ccccc1. The van der Waals surface area contributed by atoms with Crippen molar-refractivity contribution >= 4 is 126 Å². The molecule has 0 aliphatic carbocycles. The van der Waals surface area contributed by atoms with Crippen LogP contribution in [0.4, 0.5) is 0 Å². The largest absolute Gasteiger partial charge is 0.370 e. The van der Waals surface area contributed by atoms with Crippen LogP contribution in [0.1, 0.15) is 67.2 Å². The van der Waals surface area contributed by atoms with Crippen LogP contribution in [0.3, 0.4) is 0 Å². The van der Waals surface area contributed by atoms with Crippen molar-refractivity contribution in [1.29, 1.82) is 0 Å². The second-order valence-corrected chi connectivity index (χ2v) is 12.9. The highest BCUT2D eigenvalue weighted by Crippen LogP contribution is 2.25. The summed E-state index contributed by atoms with van der Waals surface area (Å²) in [7, 11) is 0. The lowest BCUT2D eigenvalue weighted by Crippen LogP contribution is -2.42. The number of unbranched alkanes of at least 4 members (excludes halogenated alkanes) is 1. The first-order valence-electron chi connectivity index (χ1n) is 18.8. The van der Waals surface area contributed by atoms with Gasteiger partial charge in [-0.15, -0.1) is 102 Å². The zero-order valence-corrected chi connectivity index (χ0v) is 44.0. The van der Waals surface area contributed by atoms with E-state index in [0.717, 1.165) is 51.9 Å². The second kappa shape index (κ2) is 40.0. The monoisotopic (exact) mass is 1230 g/mol. The molecule has 0 fully saturated rings. The number of nitrogens with one attached hydrogen (secondary N) is 4. The lowest BCUT2D eigenvalue weighted by molar-refractivity contribution is 0.570. The van der Waals surface area contributed by atoms with Gasteiger partial charge in [-0.25, -0.2) is 0 Å². The number of aliphatic imine (C=N–C) groups is 4. The Kier molecular flexibility index (Phi) is 42.4. The molecular formula is C43H68Br6N12. The molecule has 4 rings (SSSR count). The van der Waals surface area contributed by atoms with Crippen molar-refractivity contribution in [3.63, 3.8) is 0 Å². The van der Waals surface area contributed by atoms with Crippen molar-refractivity contribution in [3.8, 4) is 0 Å². The van der Waals surface area contributed by atoms with E-state index in [9.17, 15) is 0 Å². The van der Waals surface area contributed by atoms with Gasteiger partial charge in [-0.1, -0.05) is 129 Å². The number of nitrogens with zero attached hydrogens (tertiary/aromatic N) is 4. The number of rotatable bonds is 21. The van der Waals surface area contributed by atoms with Crippen LogP contribution in [0.15, 0.2) is 141 Å². The summed E-state index contributed by atoms with van der Waals surface area (Å²) < 4.78 is 0. The van der Waals surface area contributed by atoms with E-state index < -0.39 is 0 Å². The van der Waals surface area contributed by atoms with Crippen molar-refractivity contribution in [2.24, 2.45) is 42.9 Å². The molecule has 12 N–H and O–H groups in total. The lowest BCUT2D eigenvalue weighted by Gasteiger charge is -2.16. The molecule has 4 aromatic rings. The van der Waals surface area contributed by atoms with Gasteiger partial charge in [0, 0.05) is 24.9 Å². The molecule has 342 valence electrons. The van der Waals surface area contributed by atoms with E-state index in [2.05, 4.69) is 89.8 Å². The summed E-state index contributed by atoms with van der Waals surface area (Å²) in [6.45, 7) is 5.84. The molecule has 0 saturated carbocycles. The first kappa shape index (κ1) is 64.8. The Bertz CT molecular complexity index is 1530. The molecule has 0 amide bonds. The van der Waals surface area contributed by atoms with Crippen molar-refractivity contribution < 1.29 is 0 Å². The number of nitrogens with two attached hydrogens (primary N) is 4. The molecule has 0 aromatic heterocycles. The summed E-state index contributed by atoms with van der Waals surface area (Å²) >= 11 is 0. The van der Waals surface area contributed by atoms with Gasteiger partial charge in [0.25, 0.3) is 0 Å². The molecular weight excluding hydrogens is 1160 g/mol. The van der Waals surface area contributed by atoms with Crippen LogP contribution in [0.5, 0.6) is 0 Å². The van der Waals surface area contributed by atoms with Crippen molar-refractivity contribution in [2.75, 3.05) is 52.4 Å². The molecule has 0 unspecified atom stereocenters. The number of hydrogen-bond acceptors (Lipinski definition) is 6. The predicted molar refractivity (Wildman–Crippen MR) is 295 cm³/mol. The molecule has 12 nitrogen and oxygen atoms in total. The minimum absolute atomic E-state index is 0. The van der Waals surface area contributed by atoms with Crippen LogP contribution < -0.4 is 44.2 Å². The zero-order chi connectivity index (χ0) is 38.1. The van der Waals surface area contributed by atoms with Crippen molar-refractivity contribution in [1.82, 2.24) is 21.3 Å². The first-order valence-corrected chi connectivity index (χ1v) is 18.8. The molecule has 4 aromatic carbocycles. The van der Waals surface area contributed by atoms with Crippen LogP contribution in [0.2, 0.25) is 0 Å². The zero-order valence-electron chi connectivity index (χ0n) is 33.7. The van der Waals surface area contributed by atoms with Gasteiger partial charge in [0.05, 0.1) is 13.1 Å². The standard InChI is InChI=1S/C42H58N12.CH4.6BrH/c43-39(53-41(45)51-31-37(33-17-5-1-6-18-33)34-19-7-2-8-20-34)49-29-15-27-47-25-13-14-26-48-28-16-30-50-40(44)54-42(46)52-32-38(35-21-9-3-10-22-35)36-23-11-4-12-24-36;;;;;;;/h1-12,17-24,37-38,47-48H,13-16,25-32H2,(H5,43,45,49,51,53)(H5,44,46,50,52,54);1H4;6*1H. The smallest absolute Gasteiger partial charge is 0.195 e. The fourth-order valence-corrected chi connectivity index (χ4v) is 5.90. The van der Waals surface area contributed by atoms with E-state index in [-0.39, 0.29) is 145 Å². The van der Waals surface area contributed by atoms with E-state index in [0.29, 0.717) is 26.2 Å². The number of benzene rings is 4. The van der Waals surface area contributed by atoms with Gasteiger partial charge in [0.2, 0.25) is 0 Å². The third kappa shape index (κ3) is 27.1. The first-order chi connectivity index (χ1) is 26.5. The molecule has 0 spiro atoms. The van der Waals surface area contributed by atoms with Gasteiger partial charge in [0.1, 0.15) is 0 Å². The quantitative estimate of drug-likeness (QED) is 0.0234. The van der Waals surface area contributed by atoms with E-state index in [1.54, 1.807) is 0 Å². The van der Waals surface area contributed by atoms with Crippen molar-refractivity contribution in [2.45, 2.75) is 44.9 Å². The van der Waals surface area contributed by atoms with Crippen LogP contribution in [-0.2, 0) is 0 Å². The fourth-order valence-electron chi connectivity index (χ4n) is 5.90. The molecule has 0 heterocycles. The van der Waals surface area contributed by atoms with Gasteiger partial charge in [-0.05, 0) is 74.1 Å². The molecule has 0 atom stereocenters. The predicted octanol–water partition coefficient (Wildman–Crippen LogP) is 7.93. The topological polar surface area (TPSA) is 202 Å². The Balaban J connectivity index is -0.00000232. The average molecular weight is 1230 g/mol. The third-order valence-corrected chi connectivity index (χ3v) is 8.75. The average Bonchev–Trinajstić information content (AvgIpc) is 3.20. The van der Waals surface area contributed by atoms with Crippen LogP contribution in [0.25, 0.3) is 0 Å². The molecule has 0 bridgehead atoms. The molecule has 18 heteroatoms. The number of guanidine groups is 4. The Labute approximate surface area is 427 Å². The van der Waals surface area contributed by atoms with E-state index >= 15 is 0 Å². The van der Waals surface area contributed by atoms with Crippen LogP contribution in [-0.4, -0.2) is 76.2 Å². The Hall–Kier alpha value is -2.84. The highest BCUT2D eigenvalue weighted by atomic mass is 79.9. The summed E-state index contributed by atoms with van der Waals surface area (Å²) in [5.41, 5.74) is 29.1. The molecule has 0 saturated heterocycles. The minimum atomic E-state index is 0. The Morgan fingerprint density at radius 3 is 0.902 bits per heavy atom. The molecule has 0 aliphatic heterocycles. The van der Waals surface area contributed by atoms with Gasteiger partial charge >= 0.3 is 0 Å². The molecule has 0 aliphatic rings. The van der Waals surface area contributed by atoms with E-state index in [1.165, 1.54) is 22.3 Å². The lowest BCUT2D eigenvalue weighted by atomic mass is 9.91. The summed E-state index contributed by atoms with van der Waals surface area (Å²) in [4.78, 5) is 17.9. The number of hydrogen-bond donors (Lipinski definition) is 8. The van der Waals surface area contributed by atoms with Gasteiger partial charge < -0.3 is 33.6 Å². The second-order valence-electron chi connectivity index (χ2n) is 12.9. The van der Waals surface area contributed by atoms with Gasteiger partial charge in [-0.3, -0.25) is 30.6 Å². The maximum atomic E-state index is 6.14. The fraction of sp³-hybridized carbons (Fsp3) is 0.349. The molecule has 61 heavy (non-hydrogen) atoms. The highest BCUT2D eigenvalue weighted by molar-refractivity contribution is 8.93.